The third kappa shape index (κ3) is 3.81. The van der Waals surface area contributed by atoms with Crippen molar-refractivity contribution in [1.29, 1.82) is 0 Å². The molecule has 0 aliphatic carbocycles. The van der Waals surface area contributed by atoms with E-state index in [9.17, 15) is 19.7 Å². The van der Waals surface area contributed by atoms with Crippen molar-refractivity contribution in [2.75, 3.05) is 6.54 Å². The van der Waals surface area contributed by atoms with Gasteiger partial charge < -0.3 is 14.8 Å². The third-order valence-corrected chi connectivity index (χ3v) is 4.80. The Bertz CT molecular complexity index is 892. The number of nitro groups is 1. The highest BCUT2D eigenvalue weighted by molar-refractivity contribution is 5.98. The molecule has 0 radical (unpaired) electrons. The Balaban J connectivity index is 1.70. The van der Waals surface area contributed by atoms with Gasteiger partial charge in [-0.3, -0.25) is 19.7 Å². The maximum absolute atomic E-state index is 12.8. The SMILES string of the molecule is Cc1cc(C(=O)N2CCCC2C(=O)NCc2nccn2C)ccc1[N+](=O)[O-]. The van der Waals surface area contributed by atoms with Crippen LogP contribution in [0.5, 0.6) is 0 Å². The quantitative estimate of drug-likeness (QED) is 0.633. The van der Waals surface area contributed by atoms with Crippen LogP contribution in [0.15, 0.2) is 30.6 Å². The summed E-state index contributed by atoms with van der Waals surface area (Å²) in [6, 6.07) is 3.72. The van der Waals surface area contributed by atoms with Crippen molar-refractivity contribution < 1.29 is 14.5 Å². The standard InChI is InChI=1S/C18H21N5O4/c1-12-10-13(5-6-14(12)23(26)27)18(25)22-8-3-4-15(22)17(24)20-11-16-19-7-9-21(16)2/h5-7,9-10,15H,3-4,8,11H2,1-2H3,(H,20,24). The Morgan fingerprint density at radius 3 is 2.81 bits per heavy atom. The summed E-state index contributed by atoms with van der Waals surface area (Å²) in [5.74, 6) is 0.218. The second kappa shape index (κ2) is 7.56. The molecule has 9 nitrogen and oxygen atoms in total. The van der Waals surface area contributed by atoms with Gasteiger partial charge in [0.15, 0.2) is 0 Å². The van der Waals surface area contributed by atoms with E-state index >= 15 is 0 Å². The summed E-state index contributed by atoms with van der Waals surface area (Å²) in [4.78, 5) is 41.6. The molecule has 1 N–H and O–H groups in total. The van der Waals surface area contributed by atoms with Gasteiger partial charge in [-0.15, -0.1) is 0 Å². The molecule has 1 unspecified atom stereocenters. The molecule has 0 saturated carbocycles. The number of nitrogens with one attached hydrogen (secondary N) is 1. The Hall–Kier alpha value is -3.23. The zero-order valence-corrected chi connectivity index (χ0v) is 15.2. The minimum Gasteiger partial charge on any atom is -0.347 e. The lowest BCUT2D eigenvalue weighted by Gasteiger charge is -2.24. The smallest absolute Gasteiger partial charge is 0.272 e. The van der Waals surface area contributed by atoms with Crippen LogP contribution in [0.25, 0.3) is 0 Å². The van der Waals surface area contributed by atoms with Crippen molar-refractivity contribution in [2.45, 2.75) is 32.4 Å². The first kappa shape index (κ1) is 18.6. The first-order chi connectivity index (χ1) is 12.9. The molecule has 1 aliphatic heterocycles. The van der Waals surface area contributed by atoms with E-state index in [-0.39, 0.29) is 24.0 Å². The normalized spacial score (nSPS) is 16.4. The number of amides is 2. The van der Waals surface area contributed by atoms with E-state index in [1.807, 2.05) is 11.6 Å². The van der Waals surface area contributed by atoms with Crippen LogP contribution in [0.3, 0.4) is 0 Å². The van der Waals surface area contributed by atoms with Crippen molar-refractivity contribution in [2.24, 2.45) is 7.05 Å². The number of benzene rings is 1. The van der Waals surface area contributed by atoms with Crippen LogP contribution in [0.1, 0.15) is 34.6 Å². The number of imidazole rings is 1. The molecule has 2 amide bonds. The summed E-state index contributed by atoms with van der Waals surface area (Å²) in [5.41, 5.74) is 0.736. The third-order valence-electron chi connectivity index (χ3n) is 4.80. The molecule has 0 spiro atoms. The molecule has 142 valence electrons. The summed E-state index contributed by atoms with van der Waals surface area (Å²) >= 11 is 0. The predicted octanol–water partition coefficient (Wildman–Crippen LogP) is 1.56. The molecular formula is C18H21N5O4. The molecule has 27 heavy (non-hydrogen) atoms. The highest BCUT2D eigenvalue weighted by Crippen LogP contribution is 2.24. The van der Waals surface area contributed by atoms with Crippen molar-refractivity contribution in [3.05, 3.63) is 57.7 Å². The van der Waals surface area contributed by atoms with Gasteiger partial charge in [-0.1, -0.05) is 0 Å². The lowest BCUT2D eigenvalue weighted by molar-refractivity contribution is -0.385. The number of nitro benzene ring substituents is 1. The predicted molar refractivity (Wildman–Crippen MR) is 96.9 cm³/mol. The van der Waals surface area contributed by atoms with E-state index in [4.69, 9.17) is 0 Å². The zero-order valence-electron chi connectivity index (χ0n) is 15.2. The van der Waals surface area contributed by atoms with Crippen LogP contribution in [0, 0.1) is 17.0 Å². The molecule has 0 bridgehead atoms. The van der Waals surface area contributed by atoms with Gasteiger partial charge in [0, 0.05) is 43.2 Å². The molecule has 1 saturated heterocycles. The van der Waals surface area contributed by atoms with Gasteiger partial charge in [0.05, 0.1) is 11.5 Å². The average Bonchev–Trinajstić information content (AvgIpc) is 3.27. The molecule has 1 atom stereocenters. The van der Waals surface area contributed by atoms with Gasteiger partial charge in [-0.05, 0) is 31.9 Å². The van der Waals surface area contributed by atoms with Crippen molar-refractivity contribution in [3.63, 3.8) is 0 Å². The Morgan fingerprint density at radius 1 is 1.41 bits per heavy atom. The fourth-order valence-electron chi connectivity index (χ4n) is 3.29. The van der Waals surface area contributed by atoms with Crippen LogP contribution in [-0.2, 0) is 18.4 Å². The van der Waals surface area contributed by atoms with Gasteiger partial charge in [-0.25, -0.2) is 4.98 Å². The Kier molecular flexibility index (Phi) is 5.20. The number of aromatic nitrogens is 2. The van der Waals surface area contributed by atoms with E-state index in [1.54, 1.807) is 19.3 Å². The molecule has 2 aromatic rings. The number of aryl methyl sites for hydroxylation is 2. The Labute approximate surface area is 156 Å². The van der Waals surface area contributed by atoms with E-state index in [0.29, 0.717) is 24.1 Å². The number of nitrogens with zero attached hydrogens (tertiary/aromatic N) is 4. The zero-order chi connectivity index (χ0) is 19.6. The second-order valence-corrected chi connectivity index (χ2v) is 6.59. The lowest BCUT2D eigenvalue weighted by atomic mass is 10.1. The largest absolute Gasteiger partial charge is 0.347 e. The van der Waals surface area contributed by atoms with Crippen LogP contribution < -0.4 is 5.32 Å². The number of hydrogen-bond acceptors (Lipinski definition) is 5. The minimum absolute atomic E-state index is 0.0302. The molecule has 2 heterocycles. The van der Waals surface area contributed by atoms with Crippen LogP contribution in [-0.4, -0.2) is 43.8 Å². The number of hydrogen-bond donors (Lipinski definition) is 1. The molecule has 1 aromatic heterocycles. The summed E-state index contributed by atoms with van der Waals surface area (Å²) in [7, 11) is 1.84. The maximum Gasteiger partial charge on any atom is 0.272 e. The second-order valence-electron chi connectivity index (χ2n) is 6.59. The van der Waals surface area contributed by atoms with E-state index in [0.717, 1.165) is 12.2 Å². The van der Waals surface area contributed by atoms with E-state index in [1.165, 1.54) is 23.1 Å². The number of carbonyl (C=O) groups is 2. The molecule has 3 rings (SSSR count). The fourth-order valence-corrected chi connectivity index (χ4v) is 3.29. The van der Waals surface area contributed by atoms with Gasteiger partial charge in [-0.2, -0.15) is 0 Å². The molecule has 1 aromatic carbocycles. The topological polar surface area (TPSA) is 110 Å². The van der Waals surface area contributed by atoms with Crippen molar-refractivity contribution in [3.8, 4) is 0 Å². The van der Waals surface area contributed by atoms with Crippen LogP contribution in [0.2, 0.25) is 0 Å². The highest BCUT2D eigenvalue weighted by atomic mass is 16.6. The van der Waals surface area contributed by atoms with Crippen LogP contribution in [0.4, 0.5) is 5.69 Å². The summed E-state index contributed by atoms with van der Waals surface area (Å²) < 4.78 is 1.82. The molecular weight excluding hydrogens is 350 g/mol. The fraction of sp³-hybridized carbons (Fsp3) is 0.389. The first-order valence-electron chi connectivity index (χ1n) is 8.68. The Morgan fingerprint density at radius 2 is 2.19 bits per heavy atom. The highest BCUT2D eigenvalue weighted by Gasteiger charge is 2.34. The summed E-state index contributed by atoms with van der Waals surface area (Å²) in [5, 5.41) is 13.8. The van der Waals surface area contributed by atoms with Gasteiger partial charge in [0.2, 0.25) is 5.91 Å². The summed E-state index contributed by atoms with van der Waals surface area (Å²) in [6.07, 6.45) is 4.77. The number of rotatable bonds is 5. The van der Waals surface area contributed by atoms with E-state index < -0.39 is 11.0 Å². The van der Waals surface area contributed by atoms with Crippen molar-refractivity contribution >= 4 is 17.5 Å². The molecule has 9 heteroatoms. The minimum atomic E-state index is -0.548. The van der Waals surface area contributed by atoms with Gasteiger partial charge >= 0.3 is 0 Å². The van der Waals surface area contributed by atoms with Crippen molar-refractivity contribution in [1.82, 2.24) is 19.8 Å². The van der Waals surface area contributed by atoms with E-state index in [2.05, 4.69) is 10.3 Å². The van der Waals surface area contributed by atoms with Gasteiger partial charge in [0.25, 0.3) is 11.6 Å². The monoisotopic (exact) mass is 371 g/mol. The lowest BCUT2D eigenvalue weighted by Crippen LogP contribution is -2.45. The molecule has 1 fully saturated rings. The maximum atomic E-state index is 12.8. The first-order valence-corrected chi connectivity index (χ1v) is 8.68. The average molecular weight is 371 g/mol. The van der Waals surface area contributed by atoms with Gasteiger partial charge in [0.1, 0.15) is 11.9 Å². The number of likely N-dealkylation sites (tertiary alicyclic amines) is 1. The summed E-state index contributed by atoms with van der Waals surface area (Å²) in [6.45, 7) is 2.36. The molecule has 1 aliphatic rings. The number of carbonyl (C=O) groups excluding carboxylic acids is 2. The van der Waals surface area contributed by atoms with Crippen LogP contribution >= 0.6 is 0 Å².